The summed E-state index contributed by atoms with van der Waals surface area (Å²) in [5.74, 6) is 3.28. The third-order valence-corrected chi connectivity index (χ3v) is 4.45. The molecule has 0 aromatic rings. The molecule has 2 fully saturated rings. The van der Waals surface area contributed by atoms with Crippen molar-refractivity contribution in [3.63, 3.8) is 0 Å². The average molecular weight is 224 g/mol. The lowest BCUT2D eigenvalue weighted by atomic mass is 10.0. The van der Waals surface area contributed by atoms with E-state index in [0.29, 0.717) is 0 Å². The van der Waals surface area contributed by atoms with Gasteiger partial charge in [0.1, 0.15) is 0 Å². The molecule has 0 saturated heterocycles. The quantitative estimate of drug-likeness (QED) is 0.668. The third-order valence-electron chi connectivity index (χ3n) is 4.45. The normalized spacial score (nSPS) is 32.8. The zero-order valence-electron chi connectivity index (χ0n) is 11.0. The molecule has 0 bridgehead atoms. The maximum Gasteiger partial charge on any atom is 0.0104 e. The number of hydrogen-bond acceptors (Lipinski definition) is 2. The lowest BCUT2D eigenvalue weighted by Gasteiger charge is -2.16. The Labute approximate surface area is 101 Å². The summed E-state index contributed by atoms with van der Waals surface area (Å²) in [7, 11) is 2.29. The number of fused-ring (bicyclic) bond motifs is 1. The average Bonchev–Trinajstić information content (AvgIpc) is 2.99. The van der Waals surface area contributed by atoms with Crippen LogP contribution in [0.1, 0.15) is 39.0 Å². The molecule has 2 unspecified atom stereocenters. The number of nitrogens with zero attached hydrogens (tertiary/aromatic N) is 1. The molecule has 0 spiro atoms. The van der Waals surface area contributed by atoms with Crippen molar-refractivity contribution in [2.45, 2.75) is 39.0 Å². The summed E-state index contributed by atoms with van der Waals surface area (Å²) in [6.45, 7) is 7.12. The standard InChI is InChI=1S/C14H28N2/c1-3-8-15-9-10-16(2)11-14-12-6-4-5-7-13(12)14/h12-15H,3-11H2,1-2H3. The van der Waals surface area contributed by atoms with Crippen LogP contribution >= 0.6 is 0 Å². The summed E-state index contributed by atoms with van der Waals surface area (Å²) < 4.78 is 0. The fourth-order valence-corrected chi connectivity index (χ4v) is 3.43. The van der Waals surface area contributed by atoms with Crippen molar-refractivity contribution in [1.29, 1.82) is 0 Å². The fraction of sp³-hybridized carbons (Fsp3) is 1.00. The molecule has 0 aromatic carbocycles. The monoisotopic (exact) mass is 224 g/mol. The van der Waals surface area contributed by atoms with Crippen molar-refractivity contribution in [2.24, 2.45) is 17.8 Å². The Hall–Kier alpha value is -0.0800. The van der Waals surface area contributed by atoms with Gasteiger partial charge in [0.05, 0.1) is 0 Å². The molecule has 0 aromatic heterocycles. The summed E-state index contributed by atoms with van der Waals surface area (Å²) in [4.78, 5) is 2.53. The second-order valence-electron chi connectivity index (χ2n) is 5.79. The molecular weight excluding hydrogens is 196 g/mol. The minimum atomic E-state index is 1.05. The second kappa shape index (κ2) is 6.02. The van der Waals surface area contributed by atoms with Gasteiger partial charge in [-0.05, 0) is 50.6 Å². The van der Waals surface area contributed by atoms with Gasteiger partial charge in [-0.25, -0.2) is 0 Å². The molecule has 2 aliphatic rings. The predicted octanol–water partition coefficient (Wildman–Crippen LogP) is 2.35. The van der Waals surface area contributed by atoms with Gasteiger partial charge in [-0.1, -0.05) is 19.8 Å². The van der Waals surface area contributed by atoms with E-state index in [4.69, 9.17) is 0 Å². The predicted molar refractivity (Wildman–Crippen MR) is 69.6 cm³/mol. The third kappa shape index (κ3) is 3.21. The van der Waals surface area contributed by atoms with Crippen LogP contribution in [0.5, 0.6) is 0 Å². The highest BCUT2D eigenvalue weighted by molar-refractivity contribution is 4.99. The fourth-order valence-electron chi connectivity index (χ4n) is 3.43. The van der Waals surface area contributed by atoms with E-state index in [1.807, 2.05) is 0 Å². The Kier molecular flexibility index (Phi) is 4.66. The van der Waals surface area contributed by atoms with Gasteiger partial charge in [0.2, 0.25) is 0 Å². The molecule has 2 atom stereocenters. The Morgan fingerprint density at radius 2 is 1.81 bits per heavy atom. The topological polar surface area (TPSA) is 15.3 Å². The van der Waals surface area contributed by atoms with Crippen LogP contribution in [0.15, 0.2) is 0 Å². The minimum absolute atomic E-state index is 1.05. The maximum atomic E-state index is 3.48. The molecule has 2 rings (SSSR count). The molecule has 2 aliphatic carbocycles. The smallest absolute Gasteiger partial charge is 0.0104 e. The lowest BCUT2D eigenvalue weighted by molar-refractivity contribution is 0.308. The molecule has 2 heteroatoms. The molecule has 2 nitrogen and oxygen atoms in total. The van der Waals surface area contributed by atoms with Crippen LogP contribution in [-0.4, -0.2) is 38.1 Å². The molecule has 16 heavy (non-hydrogen) atoms. The molecule has 1 N–H and O–H groups in total. The summed E-state index contributed by atoms with van der Waals surface area (Å²) >= 11 is 0. The van der Waals surface area contributed by atoms with E-state index in [-0.39, 0.29) is 0 Å². The van der Waals surface area contributed by atoms with Gasteiger partial charge in [0, 0.05) is 19.6 Å². The number of rotatable bonds is 7. The van der Waals surface area contributed by atoms with Crippen LogP contribution in [-0.2, 0) is 0 Å². The van der Waals surface area contributed by atoms with Crippen LogP contribution in [0, 0.1) is 17.8 Å². The van der Waals surface area contributed by atoms with Crippen molar-refractivity contribution in [3.8, 4) is 0 Å². The molecule has 94 valence electrons. The van der Waals surface area contributed by atoms with Gasteiger partial charge in [0.15, 0.2) is 0 Å². The number of hydrogen-bond donors (Lipinski definition) is 1. The highest BCUT2D eigenvalue weighted by Crippen LogP contribution is 2.55. The highest BCUT2D eigenvalue weighted by atomic mass is 15.1. The molecule has 0 heterocycles. The molecule has 0 aliphatic heterocycles. The van der Waals surface area contributed by atoms with Crippen LogP contribution in [0.2, 0.25) is 0 Å². The number of nitrogens with one attached hydrogen (secondary N) is 1. The Balaban J connectivity index is 1.55. The van der Waals surface area contributed by atoms with Gasteiger partial charge in [0.25, 0.3) is 0 Å². The zero-order valence-corrected chi connectivity index (χ0v) is 11.0. The molecule has 0 radical (unpaired) electrons. The zero-order chi connectivity index (χ0) is 11.4. The van der Waals surface area contributed by atoms with E-state index in [2.05, 4.69) is 24.2 Å². The summed E-state index contributed by atoms with van der Waals surface area (Å²) in [6, 6.07) is 0. The Bertz CT molecular complexity index is 193. The van der Waals surface area contributed by atoms with E-state index in [1.54, 1.807) is 0 Å². The Morgan fingerprint density at radius 3 is 2.44 bits per heavy atom. The van der Waals surface area contributed by atoms with Crippen molar-refractivity contribution in [2.75, 3.05) is 33.2 Å². The van der Waals surface area contributed by atoms with Crippen LogP contribution < -0.4 is 5.32 Å². The van der Waals surface area contributed by atoms with Crippen LogP contribution in [0.4, 0.5) is 0 Å². The van der Waals surface area contributed by atoms with Crippen molar-refractivity contribution in [1.82, 2.24) is 10.2 Å². The maximum absolute atomic E-state index is 3.48. The second-order valence-corrected chi connectivity index (χ2v) is 5.79. The summed E-state index contributed by atoms with van der Waals surface area (Å²) in [5.41, 5.74) is 0. The SMILES string of the molecule is CCCNCCN(C)CC1C2CCCCC21. The molecule has 0 amide bonds. The highest BCUT2D eigenvalue weighted by Gasteiger charge is 2.50. The van der Waals surface area contributed by atoms with Gasteiger partial charge < -0.3 is 10.2 Å². The minimum Gasteiger partial charge on any atom is -0.315 e. The van der Waals surface area contributed by atoms with Crippen LogP contribution in [0.3, 0.4) is 0 Å². The first-order valence-electron chi connectivity index (χ1n) is 7.22. The molecule has 2 saturated carbocycles. The van der Waals surface area contributed by atoms with E-state index >= 15 is 0 Å². The first-order chi connectivity index (χ1) is 7.83. The van der Waals surface area contributed by atoms with E-state index in [9.17, 15) is 0 Å². The van der Waals surface area contributed by atoms with Crippen molar-refractivity contribution >= 4 is 0 Å². The van der Waals surface area contributed by atoms with Crippen molar-refractivity contribution < 1.29 is 0 Å². The van der Waals surface area contributed by atoms with Gasteiger partial charge >= 0.3 is 0 Å². The largest absolute Gasteiger partial charge is 0.315 e. The van der Waals surface area contributed by atoms with E-state index in [1.165, 1.54) is 51.7 Å². The first kappa shape index (κ1) is 12.4. The van der Waals surface area contributed by atoms with Gasteiger partial charge in [-0.15, -0.1) is 0 Å². The summed E-state index contributed by atoms with van der Waals surface area (Å²) in [6.07, 6.45) is 7.30. The van der Waals surface area contributed by atoms with E-state index < -0.39 is 0 Å². The van der Waals surface area contributed by atoms with Crippen LogP contribution in [0.25, 0.3) is 0 Å². The van der Waals surface area contributed by atoms with E-state index in [0.717, 1.165) is 24.3 Å². The van der Waals surface area contributed by atoms with Gasteiger partial charge in [-0.2, -0.15) is 0 Å². The first-order valence-corrected chi connectivity index (χ1v) is 7.22. The van der Waals surface area contributed by atoms with Gasteiger partial charge in [-0.3, -0.25) is 0 Å². The summed E-state index contributed by atoms with van der Waals surface area (Å²) in [5, 5.41) is 3.48. The lowest BCUT2D eigenvalue weighted by Crippen LogP contribution is -2.31. The van der Waals surface area contributed by atoms with Crippen molar-refractivity contribution in [3.05, 3.63) is 0 Å². The molecular formula is C14H28N2. The Morgan fingerprint density at radius 1 is 1.12 bits per heavy atom. The number of likely N-dealkylation sites (N-methyl/N-ethyl adjacent to an activating group) is 1.